The highest BCUT2D eigenvalue weighted by atomic mass is 14.1. The lowest BCUT2D eigenvalue weighted by molar-refractivity contribution is 0.950. The van der Waals surface area contributed by atoms with Crippen molar-refractivity contribution in [2.24, 2.45) is 0 Å². The molecule has 0 fully saturated rings. The molecule has 15 heavy (non-hydrogen) atoms. The molecule has 0 radical (unpaired) electrons. The van der Waals surface area contributed by atoms with Crippen LogP contribution in [-0.4, -0.2) is 0 Å². The summed E-state index contributed by atoms with van der Waals surface area (Å²) in [6.45, 7) is 8.95. The minimum Gasteiger partial charge on any atom is -0.0698 e. The molecule has 0 saturated heterocycles. The zero-order valence-electron chi connectivity index (χ0n) is 10.4. The fraction of sp³-hybridized carbons (Fsp3) is 0.467. The zero-order valence-corrected chi connectivity index (χ0v) is 10.4. The van der Waals surface area contributed by atoms with E-state index in [9.17, 15) is 0 Å². The monoisotopic (exact) mass is 202 g/mol. The van der Waals surface area contributed by atoms with Gasteiger partial charge in [-0.3, -0.25) is 0 Å². The topological polar surface area (TPSA) is 0 Å². The molecule has 1 aromatic carbocycles. The van der Waals surface area contributed by atoms with E-state index in [-0.39, 0.29) is 0 Å². The summed E-state index contributed by atoms with van der Waals surface area (Å²) in [4.78, 5) is 0. The molecule has 82 valence electrons. The summed E-state index contributed by atoms with van der Waals surface area (Å²) in [5.41, 5.74) is 5.93. The van der Waals surface area contributed by atoms with E-state index in [1.54, 1.807) is 5.57 Å². The van der Waals surface area contributed by atoms with Crippen molar-refractivity contribution >= 4 is 5.57 Å². The minimum absolute atomic E-state index is 1.16. The van der Waals surface area contributed by atoms with Gasteiger partial charge in [0.2, 0.25) is 0 Å². The third-order valence-electron chi connectivity index (χ3n) is 3.02. The van der Waals surface area contributed by atoms with Crippen LogP contribution in [0.4, 0.5) is 0 Å². The highest BCUT2D eigenvalue weighted by Crippen LogP contribution is 2.27. The van der Waals surface area contributed by atoms with Gasteiger partial charge in [0.05, 0.1) is 0 Å². The Morgan fingerprint density at radius 3 is 2.33 bits per heavy atom. The molecular weight excluding hydrogens is 180 g/mol. The largest absolute Gasteiger partial charge is 0.0698 e. The molecule has 0 amide bonds. The van der Waals surface area contributed by atoms with Crippen LogP contribution in [0.5, 0.6) is 0 Å². The predicted molar refractivity (Wildman–Crippen MR) is 69.0 cm³/mol. The van der Waals surface area contributed by atoms with Gasteiger partial charge in [-0.2, -0.15) is 0 Å². The van der Waals surface area contributed by atoms with E-state index in [4.69, 9.17) is 0 Å². The maximum atomic E-state index is 2.26. The second kappa shape index (κ2) is 5.75. The molecule has 0 nitrogen and oxygen atoms in total. The lowest BCUT2D eigenvalue weighted by Crippen LogP contribution is -1.92. The summed E-state index contributed by atoms with van der Waals surface area (Å²) in [5, 5.41) is 0. The number of benzene rings is 1. The molecular formula is C15H22. The Balaban J connectivity index is 3.16. The Labute approximate surface area is 94.0 Å². The van der Waals surface area contributed by atoms with Crippen LogP contribution in [0.25, 0.3) is 5.57 Å². The first-order valence-corrected chi connectivity index (χ1v) is 5.95. The van der Waals surface area contributed by atoms with Gasteiger partial charge < -0.3 is 0 Å². The molecule has 0 aromatic heterocycles. The average Bonchev–Trinajstić information content (AvgIpc) is 2.26. The smallest absolute Gasteiger partial charge is 0.0196 e. The van der Waals surface area contributed by atoms with Crippen molar-refractivity contribution in [2.75, 3.05) is 0 Å². The summed E-state index contributed by atoms with van der Waals surface area (Å²) in [6.07, 6.45) is 3.58. The van der Waals surface area contributed by atoms with Crippen LogP contribution in [0.15, 0.2) is 29.8 Å². The zero-order chi connectivity index (χ0) is 11.3. The molecule has 0 atom stereocenters. The Kier molecular flexibility index (Phi) is 4.61. The summed E-state index contributed by atoms with van der Waals surface area (Å²) < 4.78 is 0. The molecule has 0 spiro atoms. The van der Waals surface area contributed by atoms with Crippen LogP contribution in [0.3, 0.4) is 0 Å². The van der Waals surface area contributed by atoms with Crippen molar-refractivity contribution in [3.05, 3.63) is 41.0 Å². The van der Waals surface area contributed by atoms with Crippen molar-refractivity contribution in [2.45, 2.75) is 47.0 Å². The van der Waals surface area contributed by atoms with Gasteiger partial charge in [0.1, 0.15) is 0 Å². The van der Waals surface area contributed by atoms with E-state index in [0.29, 0.717) is 0 Å². The molecule has 0 saturated carbocycles. The highest BCUT2D eigenvalue weighted by Gasteiger charge is 2.06. The SMILES string of the molecule is CCC/C(=C(/C)CC)c1ccccc1C. The maximum absolute atomic E-state index is 2.26. The van der Waals surface area contributed by atoms with Crippen molar-refractivity contribution in [1.29, 1.82) is 0 Å². The molecule has 0 bridgehead atoms. The van der Waals surface area contributed by atoms with E-state index >= 15 is 0 Å². The van der Waals surface area contributed by atoms with Crippen molar-refractivity contribution in [1.82, 2.24) is 0 Å². The van der Waals surface area contributed by atoms with Gasteiger partial charge in [-0.15, -0.1) is 0 Å². The standard InChI is InChI=1S/C15H22/c1-5-9-14(12(3)6-2)15-11-8-7-10-13(15)4/h7-8,10-11H,5-6,9H2,1-4H3/b14-12+. The number of rotatable bonds is 4. The quantitative estimate of drug-likeness (QED) is 0.646. The van der Waals surface area contributed by atoms with E-state index < -0.39 is 0 Å². The number of aryl methyl sites for hydroxylation is 1. The van der Waals surface area contributed by atoms with Gasteiger partial charge >= 0.3 is 0 Å². The third kappa shape index (κ3) is 2.95. The highest BCUT2D eigenvalue weighted by molar-refractivity contribution is 5.70. The molecule has 0 aliphatic carbocycles. The Morgan fingerprint density at radius 2 is 1.80 bits per heavy atom. The molecule has 0 N–H and O–H groups in total. The van der Waals surface area contributed by atoms with Crippen LogP contribution in [0.1, 0.15) is 51.2 Å². The Bertz CT molecular complexity index is 345. The van der Waals surface area contributed by atoms with Crippen LogP contribution < -0.4 is 0 Å². The van der Waals surface area contributed by atoms with Gasteiger partial charge in [0.15, 0.2) is 0 Å². The molecule has 0 heterocycles. The number of hydrogen-bond donors (Lipinski definition) is 0. The first kappa shape index (κ1) is 12.0. The molecule has 1 rings (SSSR count). The van der Waals surface area contributed by atoms with Gasteiger partial charge in [0.25, 0.3) is 0 Å². The normalized spacial score (nSPS) is 12.5. The first-order valence-electron chi connectivity index (χ1n) is 5.95. The molecule has 0 aliphatic heterocycles. The molecule has 0 unspecified atom stereocenters. The molecule has 0 aliphatic rings. The lowest BCUT2D eigenvalue weighted by Gasteiger charge is -2.13. The summed E-state index contributed by atoms with van der Waals surface area (Å²) >= 11 is 0. The minimum atomic E-state index is 1.16. The second-order valence-corrected chi connectivity index (χ2v) is 4.18. The Hall–Kier alpha value is -1.04. The predicted octanol–water partition coefficient (Wildman–Crippen LogP) is 4.98. The number of allylic oxidation sites excluding steroid dienone is 2. The van der Waals surface area contributed by atoms with Crippen LogP contribution in [0.2, 0.25) is 0 Å². The first-order chi connectivity index (χ1) is 7.20. The second-order valence-electron chi connectivity index (χ2n) is 4.18. The third-order valence-corrected chi connectivity index (χ3v) is 3.02. The van der Waals surface area contributed by atoms with Gasteiger partial charge in [0, 0.05) is 0 Å². The van der Waals surface area contributed by atoms with Gasteiger partial charge in [-0.25, -0.2) is 0 Å². The molecule has 1 aromatic rings. The van der Waals surface area contributed by atoms with E-state index in [0.717, 1.165) is 6.42 Å². The van der Waals surface area contributed by atoms with Crippen LogP contribution >= 0.6 is 0 Å². The van der Waals surface area contributed by atoms with Crippen LogP contribution in [0, 0.1) is 6.92 Å². The van der Waals surface area contributed by atoms with Crippen molar-refractivity contribution < 1.29 is 0 Å². The molecule has 0 heteroatoms. The number of hydrogen-bond acceptors (Lipinski definition) is 0. The summed E-state index contributed by atoms with van der Waals surface area (Å²) in [6, 6.07) is 8.71. The van der Waals surface area contributed by atoms with E-state index in [1.807, 2.05) is 0 Å². The van der Waals surface area contributed by atoms with E-state index in [1.165, 1.54) is 29.5 Å². The van der Waals surface area contributed by atoms with E-state index in [2.05, 4.69) is 52.0 Å². The maximum Gasteiger partial charge on any atom is -0.0196 e. The fourth-order valence-electron chi connectivity index (χ4n) is 1.95. The summed E-state index contributed by atoms with van der Waals surface area (Å²) in [7, 11) is 0. The lowest BCUT2D eigenvalue weighted by atomic mass is 9.92. The van der Waals surface area contributed by atoms with Gasteiger partial charge in [-0.1, -0.05) is 50.1 Å². The Morgan fingerprint density at radius 1 is 1.13 bits per heavy atom. The van der Waals surface area contributed by atoms with Gasteiger partial charge in [-0.05, 0) is 43.4 Å². The fourth-order valence-corrected chi connectivity index (χ4v) is 1.95. The van der Waals surface area contributed by atoms with Crippen molar-refractivity contribution in [3.63, 3.8) is 0 Å². The van der Waals surface area contributed by atoms with Crippen LogP contribution in [-0.2, 0) is 0 Å². The van der Waals surface area contributed by atoms with Crippen molar-refractivity contribution in [3.8, 4) is 0 Å². The summed E-state index contributed by atoms with van der Waals surface area (Å²) in [5.74, 6) is 0. The average molecular weight is 202 g/mol.